The maximum absolute atomic E-state index is 12.4. The molecule has 20 heavy (non-hydrogen) atoms. The Labute approximate surface area is 116 Å². The van der Waals surface area contributed by atoms with Gasteiger partial charge in [-0.1, -0.05) is 12.1 Å². The summed E-state index contributed by atoms with van der Waals surface area (Å²) >= 11 is 0. The number of amides is 1. The fraction of sp³-hybridized carbons (Fsp3) is 0.643. The Kier molecular flexibility index (Phi) is 3.23. The number of aliphatic carboxylic acids is 1. The number of carboxylic acid groups (broad SMARTS) is 1. The molecule has 2 fully saturated rings. The summed E-state index contributed by atoms with van der Waals surface area (Å²) in [5.74, 6) is 0.168. The van der Waals surface area contributed by atoms with Crippen LogP contribution in [0.2, 0.25) is 0 Å². The Morgan fingerprint density at radius 2 is 2.15 bits per heavy atom. The summed E-state index contributed by atoms with van der Waals surface area (Å²) in [5, 5.41) is 13.1. The minimum atomic E-state index is -0.948. The lowest BCUT2D eigenvalue weighted by molar-refractivity contribution is -0.144. The zero-order chi connectivity index (χ0) is 14.3. The smallest absolute Gasteiger partial charge is 0.326 e. The van der Waals surface area contributed by atoms with Crippen LogP contribution in [0, 0.1) is 5.92 Å². The highest BCUT2D eigenvalue weighted by Crippen LogP contribution is 2.40. The van der Waals surface area contributed by atoms with Gasteiger partial charge in [-0.3, -0.25) is 4.79 Å². The van der Waals surface area contributed by atoms with Gasteiger partial charge in [0.15, 0.2) is 5.69 Å². The van der Waals surface area contributed by atoms with E-state index in [1.165, 1.54) is 4.90 Å². The van der Waals surface area contributed by atoms with Crippen molar-refractivity contribution in [1.82, 2.24) is 10.1 Å². The summed E-state index contributed by atoms with van der Waals surface area (Å²) in [6.07, 6.45) is 3.46. The van der Waals surface area contributed by atoms with Gasteiger partial charge in [0.25, 0.3) is 5.91 Å². The Morgan fingerprint density at radius 1 is 1.40 bits per heavy atom. The van der Waals surface area contributed by atoms with E-state index < -0.39 is 12.0 Å². The molecular weight excluding hydrogens is 260 g/mol. The Bertz CT molecular complexity index is 535. The normalized spacial score (nSPS) is 26.6. The Hall–Kier alpha value is -1.85. The summed E-state index contributed by atoms with van der Waals surface area (Å²) < 4.78 is 5.17. The molecule has 1 aliphatic heterocycles. The number of carbonyl (C=O) groups is 2. The summed E-state index contributed by atoms with van der Waals surface area (Å²) in [5.41, 5.74) is 0.229. The van der Waals surface area contributed by atoms with Gasteiger partial charge in [0.1, 0.15) is 11.8 Å². The molecule has 1 saturated heterocycles. The molecule has 108 valence electrons. The molecule has 0 spiro atoms. The molecule has 3 rings (SSSR count). The van der Waals surface area contributed by atoms with Crippen molar-refractivity contribution in [1.29, 1.82) is 0 Å². The van der Waals surface area contributed by atoms with Crippen LogP contribution >= 0.6 is 0 Å². The fourth-order valence-electron chi connectivity index (χ4n) is 2.72. The predicted molar refractivity (Wildman–Crippen MR) is 69.3 cm³/mol. The number of nitrogens with zero attached hydrogens (tertiary/aromatic N) is 2. The fourth-order valence-corrected chi connectivity index (χ4v) is 2.72. The van der Waals surface area contributed by atoms with E-state index in [2.05, 4.69) is 5.16 Å². The molecule has 2 atom stereocenters. The van der Waals surface area contributed by atoms with Crippen LogP contribution in [0.5, 0.6) is 0 Å². The average molecular weight is 278 g/mol. The molecular formula is C14H18N2O4. The summed E-state index contributed by atoms with van der Waals surface area (Å²) in [6.45, 7) is 2.47. The van der Waals surface area contributed by atoms with Crippen LogP contribution < -0.4 is 0 Å². The highest BCUT2D eigenvalue weighted by atomic mass is 16.5. The van der Waals surface area contributed by atoms with E-state index in [9.17, 15) is 14.7 Å². The van der Waals surface area contributed by atoms with Gasteiger partial charge in [0.2, 0.25) is 0 Å². The van der Waals surface area contributed by atoms with Crippen molar-refractivity contribution in [2.45, 2.75) is 44.6 Å². The van der Waals surface area contributed by atoms with E-state index in [0.29, 0.717) is 24.8 Å². The monoisotopic (exact) mass is 278 g/mol. The molecule has 0 radical (unpaired) electrons. The number of hydrogen-bond acceptors (Lipinski definition) is 4. The van der Waals surface area contributed by atoms with E-state index in [-0.39, 0.29) is 11.6 Å². The Morgan fingerprint density at radius 3 is 2.80 bits per heavy atom. The quantitative estimate of drug-likeness (QED) is 0.912. The number of carbonyl (C=O) groups excluding carboxylic acids is 1. The molecule has 1 N–H and O–H groups in total. The van der Waals surface area contributed by atoms with Gasteiger partial charge in [0, 0.05) is 18.5 Å². The van der Waals surface area contributed by atoms with E-state index in [4.69, 9.17) is 4.52 Å². The predicted octanol–water partition coefficient (Wildman–Crippen LogP) is 1.88. The summed E-state index contributed by atoms with van der Waals surface area (Å²) in [6, 6.07) is 0.907. The summed E-state index contributed by atoms with van der Waals surface area (Å²) in [7, 11) is 0. The number of aromatic nitrogens is 1. The second kappa shape index (κ2) is 4.92. The minimum Gasteiger partial charge on any atom is -0.480 e. The van der Waals surface area contributed by atoms with Gasteiger partial charge < -0.3 is 14.5 Å². The van der Waals surface area contributed by atoms with Crippen LogP contribution in [0.1, 0.15) is 54.8 Å². The third kappa shape index (κ3) is 2.42. The lowest BCUT2D eigenvalue weighted by Crippen LogP contribution is -2.49. The molecule has 6 heteroatoms. The maximum atomic E-state index is 12.4. The van der Waals surface area contributed by atoms with Gasteiger partial charge in [0.05, 0.1) is 0 Å². The molecule has 6 nitrogen and oxygen atoms in total. The summed E-state index contributed by atoms with van der Waals surface area (Å²) in [4.78, 5) is 25.2. The molecule has 1 aliphatic carbocycles. The number of hydrogen-bond donors (Lipinski definition) is 1. The van der Waals surface area contributed by atoms with Crippen molar-refractivity contribution in [2.75, 3.05) is 6.54 Å². The van der Waals surface area contributed by atoms with Crippen LogP contribution in [0.15, 0.2) is 10.6 Å². The van der Waals surface area contributed by atoms with Crippen LogP contribution in [-0.4, -0.2) is 39.6 Å². The lowest BCUT2D eigenvalue weighted by Gasteiger charge is -2.35. The van der Waals surface area contributed by atoms with Gasteiger partial charge in [-0.25, -0.2) is 4.79 Å². The molecule has 2 heterocycles. The number of likely N-dealkylation sites (tertiary alicyclic amines) is 1. The van der Waals surface area contributed by atoms with E-state index >= 15 is 0 Å². The molecule has 1 aromatic rings. The van der Waals surface area contributed by atoms with Crippen molar-refractivity contribution < 1.29 is 19.2 Å². The van der Waals surface area contributed by atoms with Crippen LogP contribution in [0.3, 0.4) is 0 Å². The average Bonchev–Trinajstić information content (AvgIpc) is 3.15. The highest BCUT2D eigenvalue weighted by molar-refractivity contribution is 5.95. The molecule has 0 bridgehead atoms. The number of piperidine rings is 1. The van der Waals surface area contributed by atoms with Crippen LogP contribution in [0.25, 0.3) is 0 Å². The maximum Gasteiger partial charge on any atom is 0.326 e. The van der Waals surface area contributed by atoms with Gasteiger partial charge in [-0.15, -0.1) is 0 Å². The van der Waals surface area contributed by atoms with E-state index in [0.717, 1.165) is 25.0 Å². The molecule has 0 aromatic carbocycles. The lowest BCUT2D eigenvalue weighted by atomic mass is 9.92. The van der Waals surface area contributed by atoms with E-state index in [1.807, 2.05) is 6.92 Å². The molecule has 1 amide bonds. The van der Waals surface area contributed by atoms with Gasteiger partial charge >= 0.3 is 5.97 Å². The minimum absolute atomic E-state index is 0.229. The molecule has 0 unspecified atom stereocenters. The molecule has 1 aromatic heterocycles. The second-order valence-corrected chi connectivity index (χ2v) is 5.87. The first-order valence-electron chi connectivity index (χ1n) is 7.06. The van der Waals surface area contributed by atoms with Gasteiger partial charge in [-0.2, -0.15) is 0 Å². The second-order valence-electron chi connectivity index (χ2n) is 5.87. The Balaban J connectivity index is 1.78. The van der Waals surface area contributed by atoms with Crippen molar-refractivity contribution in [3.8, 4) is 0 Å². The van der Waals surface area contributed by atoms with E-state index in [1.54, 1.807) is 6.07 Å². The standard InChI is InChI=1S/C14H18N2O4/c1-8-4-5-16(11(6-8)14(18)19)13(17)10-7-12(20-15-10)9-2-3-9/h7-9,11H,2-6H2,1H3,(H,18,19)/t8-,11+/m1/s1. The zero-order valence-electron chi connectivity index (χ0n) is 11.4. The first kappa shape index (κ1) is 13.1. The number of rotatable bonds is 3. The highest BCUT2D eigenvalue weighted by Gasteiger charge is 2.37. The van der Waals surface area contributed by atoms with Crippen molar-refractivity contribution in [2.24, 2.45) is 5.92 Å². The first-order chi connectivity index (χ1) is 9.56. The van der Waals surface area contributed by atoms with Crippen molar-refractivity contribution in [3.05, 3.63) is 17.5 Å². The third-order valence-electron chi connectivity index (χ3n) is 4.14. The van der Waals surface area contributed by atoms with Gasteiger partial charge in [-0.05, 0) is 31.6 Å². The third-order valence-corrected chi connectivity index (χ3v) is 4.14. The van der Waals surface area contributed by atoms with Crippen molar-refractivity contribution >= 4 is 11.9 Å². The zero-order valence-corrected chi connectivity index (χ0v) is 11.4. The first-order valence-corrected chi connectivity index (χ1v) is 7.06. The molecule has 1 saturated carbocycles. The largest absolute Gasteiger partial charge is 0.480 e. The molecule has 2 aliphatic rings. The van der Waals surface area contributed by atoms with Crippen LogP contribution in [-0.2, 0) is 4.79 Å². The topological polar surface area (TPSA) is 83.6 Å². The van der Waals surface area contributed by atoms with Crippen LogP contribution in [0.4, 0.5) is 0 Å². The van der Waals surface area contributed by atoms with Crippen molar-refractivity contribution in [3.63, 3.8) is 0 Å². The SMILES string of the molecule is C[C@@H]1CCN(C(=O)c2cc(C3CC3)on2)[C@H](C(=O)O)C1. The number of carboxylic acids is 1.